The summed E-state index contributed by atoms with van der Waals surface area (Å²) in [5, 5.41) is 7.72. The molecule has 0 fully saturated rings. The zero-order chi connectivity index (χ0) is 13.5. The average molecular weight is 289 g/mol. The molecule has 0 radical (unpaired) electrons. The lowest BCUT2D eigenvalue weighted by Gasteiger charge is -2.06. The normalized spacial score (nSPS) is 10.6. The largest absolute Gasteiger partial charge is 0.357 e. The molecule has 0 aliphatic rings. The van der Waals surface area contributed by atoms with Gasteiger partial charge in [0.25, 0.3) is 0 Å². The van der Waals surface area contributed by atoms with Gasteiger partial charge in [-0.3, -0.25) is 5.43 Å². The van der Waals surface area contributed by atoms with Gasteiger partial charge in [0.1, 0.15) is 0 Å². The lowest BCUT2D eigenvalue weighted by molar-refractivity contribution is 0.869. The van der Waals surface area contributed by atoms with Gasteiger partial charge in [0.15, 0.2) is 5.11 Å². The van der Waals surface area contributed by atoms with E-state index in [2.05, 4.69) is 28.8 Å². The molecular weight excluding hydrogens is 274 g/mol. The van der Waals surface area contributed by atoms with Crippen molar-refractivity contribution in [2.24, 2.45) is 5.10 Å². The zero-order valence-corrected chi connectivity index (χ0v) is 12.2. The smallest absolute Gasteiger partial charge is 0.187 e. The molecule has 3 nitrogen and oxygen atoms in total. The fourth-order valence-electron chi connectivity index (χ4n) is 1.50. The van der Waals surface area contributed by atoms with Crippen LogP contribution in [0, 0.1) is 6.92 Å². The number of thiophene rings is 1. The van der Waals surface area contributed by atoms with E-state index in [9.17, 15) is 0 Å². The summed E-state index contributed by atoms with van der Waals surface area (Å²) in [5.41, 5.74) is 3.99. The molecule has 2 N–H and O–H groups in total. The van der Waals surface area contributed by atoms with Gasteiger partial charge in [0.05, 0.1) is 6.21 Å². The Kier molecular flexibility index (Phi) is 5.06. The maximum absolute atomic E-state index is 5.14. The Bertz CT molecular complexity index is 561. The SMILES string of the molecule is Cc1ccc(/C=N/NC(=S)NCc2ccccc2)s1. The Morgan fingerprint density at radius 2 is 2.05 bits per heavy atom. The van der Waals surface area contributed by atoms with E-state index in [-0.39, 0.29) is 0 Å². The van der Waals surface area contributed by atoms with Crippen LogP contribution in [0.2, 0.25) is 0 Å². The van der Waals surface area contributed by atoms with E-state index in [1.165, 1.54) is 10.4 Å². The maximum Gasteiger partial charge on any atom is 0.187 e. The molecule has 0 saturated carbocycles. The summed E-state index contributed by atoms with van der Waals surface area (Å²) in [6.45, 7) is 2.77. The minimum Gasteiger partial charge on any atom is -0.357 e. The van der Waals surface area contributed by atoms with E-state index >= 15 is 0 Å². The first-order valence-corrected chi connectivity index (χ1v) is 7.14. The topological polar surface area (TPSA) is 36.4 Å². The third-order valence-corrected chi connectivity index (χ3v) is 3.59. The fraction of sp³-hybridized carbons (Fsp3) is 0.143. The second-order valence-corrected chi connectivity index (χ2v) is 5.71. The summed E-state index contributed by atoms with van der Waals surface area (Å²) in [6.07, 6.45) is 1.77. The lowest BCUT2D eigenvalue weighted by Crippen LogP contribution is -2.31. The Balaban J connectivity index is 1.74. The van der Waals surface area contributed by atoms with E-state index in [1.54, 1.807) is 17.6 Å². The third kappa shape index (κ3) is 4.81. The van der Waals surface area contributed by atoms with Gasteiger partial charge in [-0.05, 0) is 36.8 Å². The second kappa shape index (κ2) is 7.01. The van der Waals surface area contributed by atoms with Crippen LogP contribution >= 0.6 is 23.6 Å². The van der Waals surface area contributed by atoms with E-state index in [0.29, 0.717) is 11.7 Å². The molecule has 98 valence electrons. The van der Waals surface area contributed by atoms with Crippen molar-refractivity contribution in [1.29, 1.82) is 0 Å². The predicted octanol–water partition coefficient (Wildman–Crippen LogP) is 3.05. The minimum absolute atomic E-state index is 0.522. The molecule has 1 aromatic carbocycles. The molecule has 0 bridgehead atoms. The van der Waals surface area contributed by atoms with Crippen molar-refractivity contribution in [2.75, 3.05) is 0 Å². The van der Waals surface area contributed by atoms with Crippen LogP contribution in [0.5, 0.6) is 0 Å². The van der Waals surface area contributed by atoms with Crippen molar-refractivity contribution in [3.63, 3.8) is 0 Å². The van der Waals surface area contributed by atoms with Crippen LogP contribution in [0.15, 0.2) is 47.6 Å². The van der Waals surface area contributed by atoms with Gasteiger partial charge in [0.2, 0.25) is 0 Å². The molecule has 0 saturated heterocycles. The summed E-state index contributed by atoms with van der Waals surface area (Å²) >= 11 is 6.84. The number of benzene rings is 1. The quantitative estimate of drug-likeness (QED) is 0.516. The van der Waals surface area contributed by atoms with Crippen LogP contribution in [0.4, 0.5) is 0 Å². The van der Waals surface area contributed by atoms with Crippen LogP contribution in [0.25, 0.3) is 0 Å². The van der Waals surface area contributed by atoms with Crippen molar-refractivity contribution in [3.05, 3.63) is 57.8 Å². The monoisotopic (exact) mass is 289 g/mol. The number of nitrogens with one attached hydrogen (secondary N) is 2. The standard InChI is InChI=1S/C14H15N3S2/c1-11-7-8-13(19-11)10-16-17-14(18)15-9-12-5-3-2-4-6-12/h2-8,10H,9H2,1H3,(H2,15,17,18)/b16-10+. The highest BCUT2D eigenvalue weighted by Crippen LogP contribution is 2.12. The van der Waals surface area contributed by atoms with Gasteiger partial charge in [-0.1, -0.05) is 30.3 Å². The average Bonchev–Trinajstić information content (AvgIpc) is 2.83. The fourth-order valence-corrected chi connectivity index (χ4v) is 2.37. The third-order valence-electron chi connectivity index (χ3n) is 2.41. The number of hydrazone groups is 1. The lowest BCUT2D eigenvalue weighted by atomic mass is 10.2. The van der Waals surface area contributed by atoms with Crippen LogP contribution in [0.1, 0.15) is 15.3 Å². The highest BCUT2D eigenvalue weighted by atomic mass is 32.1. The van der Waals surface area contributed by atoms with Gasteiger partial charge in [0, 0.05) is 16.3 Å². The molecule has 5 heteroatoms. The highest BCUT2D eigenvalue weighted by molar-refractivity contribution is 7.80. The maximum atomic E-state index is 5.14. The van der Waals surface area contributed by atoms with Crippen molar-refractivity contribution in [1.82, 2.24) is 10.7 Å². The number of thiocarbonyl (C=S) groups is 1. The molecule has 0 aliphatic heterocycles. The molecular formula is C14H15N3S2. The van der Waals surface area contributed by atoms with Gasteiger partial charge in [-0.2, -0.15) is 5.10 Å². The first-order valence-electron chi connectivity index (χ1n) is 5.91. The molecule has 2 rings (SSSR count). The molecule has 0 atom stereocenters. The van der Waals surface area contributed by atoms with Crippen molar-refractivity contribution < 1.29 is 0 Å². The van der Waals surface area contributed by atoms with Crippen molar-refractivity contribution in [2.45, 2.75) is 13.5 Å². The van der Waals surface area contributed by atoms with Gasteiger partial charge >= 0.3 is 0 Å². The highest BCUT2D eigenvalue weighted by Gasteiger charge is 1.95. The first-order chi connectivity index (χ1) is 9.24. The van der Waals surface area contributed by atoms with Gasteiger partial charge in [-0.25, -0.2) is 0 Å². The van der Waals surface area contributed by atoms with E-state index in [4.69, 9.17) is 12.2 Å². The first kappa shape index (κ1) is 13.7. The Hall–Kier alpha value is -1.72. The number of aryl methyl sites for hydroxylation is 1. The van der Waals surface area contributed by atoms with Crippen LogP contribution in [-0.4, -0.2) is 11.3 Å². The van der Waals surface area contributed by atoms with E-state index in [0.717, 1.165) is 4.88 Å². The Labute approximate surface area is 122 Å². The van der Waals surface area contributed by atoms with Crippen LogP contribution in [-0.2, 0) is 6.54 Å². The number of hydrogen-bond donors (Lipinski definition) is 2. The summed E-state index contributed by atoms with van der Waals surface area (Å²) < 4.78 is 0. The van der Waals surface area contributed by atoms with Gasteiger partial charge in [-0.15, -0.1) is 11.3 Å². The number of hydrogen-bond acceptors (Lipinski definition) is 3. The Morgan fingerprint density at radius 3 is 2.74 bits per heavy atom. The summed E-state index contributed by atoms with van der Waals surface area (Å²) in [7, 11) is 0. The second-order valence-electron chi connectivity index (χ2n) is 3.99. The predicted molar refractivity (Wildman–Crippen MR) is 85.7 cm³/mol. The number of rotatable bonds is 4. The minimum atomic E-state index is 0.522. The van der Waals surface area contributed by atoms with E-state index < -0.39 is 0 Å². The molecule has 0 unspecified atom stereocenters. The zero-order valence-electron chi connectivity index (χ0n) is 10.6. The van der Waals surface area contributed by atoms with Crippen LogP contribution < -0.4 is 10.7 Å². The molecule has 1 aromatic heterocycles. The summed E-state index contributed by atoms with van der Waals surface area (Å²) in [6, 6.07) is 14.2. The van der Waals surface area contributed by atoms with Gasteiger partial charge < -0.3 is 5.32 Å². The van der Waals surface area contributed by atoms with E-state index in [1.807, 2.05) is 36.4 Å². The number of nitrogens with zero attached hydrogens (tertiary/aromatic N) is 1. The molecule has 0 amide bonds. The van der Waals surface area contributed by atoms with Crippen molar-refractivity contribution in [3.8, 4) is 0 Å². The Morgan fingerprint density at radius 1 is 1.26 bits per heavy atom. The molecule has 0 aliphatic carbocycles. The summed E-state index contributed by atoms with van der Waals surface area (Å²) in [4.78, 5) is 2.38. The molecule has 0 spiro atoms. The molecule has 2 aromatic rings. The molecule has 1 heterocycles. The summed E-state index contributed by atoms with van der Waals surface area (Å²) in [5.74, 6) is 0. The van der Waals surface area contributed by atoms with Crippen molar-refractivity contribution >= 4 is 34.9 Å². The molecule has 19 heavy (non-hydrogen) atoms. The van der Waals surface area contributed by atoms with Crippen LogP contribution in [0.3, 0.4) is 0 Å².